The Hall–Kier alpha value is -3.76. The highest BCUT2D eigenvalue weighted by atomic mass is 16.5. The van der Waals surface area contributed by atoms with Crippen LogP contribution in [0.15, 0.2) is 97.3 Å². The van der Waals surface area contributed by atoms with Gasteiger partial charge in [-0.2, -0.15) is 0 Å². The zero-order valence-electron chi connectivity index (χ0n) is 16.4. The summed E-state index contributed by atoms with van der Waals surface area (Å²) in [6.45, 7) is 1.93. The molecule has 0 fully saturated rings. The van der Waals surface area contributed by atoms with E-state index in [9.17, 15) is 0 Å². The number of hydrogen-bond donors (Lipinski definition) is 0. The Morgan fingerprint density at radius 1 is 0.828 bits per heavy atom. The molecule has 0 N–H and O–H groups in total. The normalized spacial score (nSPS) is 10.9. The summed E-state index contributed by atoms with van der Waals surface area (Å²) < 4.78 is 5.52. The van der Waals surface area contributed by atoms with Crippen molar-refractivity contribution in [2.45, 2.75) is 13.3 Å². The van der Waals surface area contributed by atoms with E-state index in [2.05, 4.69) is 72.7 Å². The monoisotopic (exact) mass is 374 g/mol. The van der Waals surface area contributed by atoms with Crippen molar-refractivity contribution in [3.8, 4) is 29.2 Å². The lowest BCUT2D eigenvalue weighted by molar-refractivity contribution is 0.480. The van der Waals surface area contributed by atoms with Crippen LogP contribution >= 0.6 is 0 Å². The molecule has 0 aliphatic carbocycles. The molecule has 0 saturated carbocycles. The summed E-state index contributed by atoms with van der Waals surface area (Å²) in [7, 11) is 0. The fourth-order valence-electron chi connectivity index (χ4n) is 3.58. The van der Waals surface area contributed by atoms with Crippen LogP contribution in [-0.4, -0.2) is 0 Å². The number of hydrogen-bond acceptors (Lipinski definition) is 1. The van der Waals surface area contributed by atoms with Gasteiger partial charge in [-0.25, -0.2) is 0 Å². The van der Waals surface area contributed by atoms with Gasteiger partial charge in [0.2, 0.25) is 0 Å². The quantitative estimate of drug-likeness (QED) is 0.270. The van der Waals surface area contributed by atoms with Gasteiger partial charge in [0.15, 0.2) is 0 Å². The fraction of sp³-hybridized carbons (Fsp3) is 0.0714. The Morgan fingerprint density at radius 2 is 1.59 bits per heavy atom. The highest BCUT2D eigenvalue weighted by molar-refractivity contribution is 5.86. The Labute approximate surface area is 172 Å². The van der Waals surface area contributed by atoms with Crippen LogP contribution in [0.4, 0.5) is 0 Å². The number of allylic oxidation sites excluding steroid dienone is 1. The van der Waals surface area contributed by atoms with E-state index < -0.39 is 0 Å². The molecule has 4 aromatic carbocycles. The van der Waals surface area contributed by atoms with Gasteiger partial charge in [0, 0.05) is 5.56 Å². The number of terminal acetylenes is 1. The molecule has 0 aliphatic heterocycles. The van der Waals surface area contributed by atoms with Gasteiger partial charge in [-0.15, -0.1) is 6.42 Å². The van der Waals surface area contributed by atoms with Crippen molar-refractivity contribution >= 4 is 10.8 Å². The molecule has 0 atom stereocenters. The third-order valence-corrected chi connectivity index (χ3v) is 5.05. The maximum Gasteiger partial charge on any atom is 0.126 e. The average molecular weight is 374 g/mol. The van der Waals surface area contributed by atoms with Crippen LogP contribution in [0.25, 0.3) is 21.9 Å². The van der Waals surface area contributed by atoms with Crippen LogP contribution < -0.4 is 4.74 Å². The third-order valence-electron chi connectivity index (χ3n) is 5.05. The summed E-state index contributed by atoms with van der Waals surface area (Å²) >= 11 is 0. The highest BCUT2D eigenvalue weighted by Gasteiger charge is 2.08. The summed E-state index contributed by atoms with van der Waals surface area (Å²) in [5.41, 5.74) is 5.68. The van der Waals surface area contributed by atoms with Crippen LogP contribution in [0.3, 0.4) is 0 Å². The lowest BCUT2D eigenvalue weighted by atomic mass is 9.93. The van der Waals surface area contributed by atoms with E-state index in [0.717, 1.165) is 34.4 Å². The van der Waals surface area contributed by atoms with Gasteiger partial charge in [0.25, 0.3) is 0 Å². The van der Waals surface area contributed by atoms with Crippen LogP contribution in [0, 0.1) is 12.3 Å². The minimum Gasteiger partial charge on any atom is -0.465 e. The molecule has 0 saturated heterocycles. The minimum atomic E-state index is 0.803. The maximum absolute atomic E-state index is 5.80. The van der Waals surface area contributed by atoms with Crippen LogP contribution in [-0.2, 0) is 6.42 Å². The van der Waals surface area contributed by atoms with Gasteiger partial charge in [0.1, 0.15) is 5.75 Å². The molecule has 0 heterocycles. The smallest absolute Gasteiger partial charge is 0.126 e. The average Bonchev–Trinajstić information content (AvgIpc) is 2.78. The summed E-state index contributed by atoms with van der Waals surface area (Å²) in [6, 6.07) is 29.4. The Bertz CT molecular complexity index is 1200. The van der Waals surface area contributed by atoms with E-state index in [1.807, 2.05) is 31.2 Å². The first-order valence-electron chi connectivity index (χ1n) is 9.73. The van der Waals surface area contributed by atoms with Gasteiger partial charge in [-0.1, -0.05) is 72.7 Å². The van der Waals surface area contributed by atoms with Crippen LogP contribution in [0.5, 0.6) is 5.75 Å². The van der Waals surface area contributed by atoms with Crippen molar-refractivity contribution < 1.29 is 4.74 Å². The molecule has 4 aromatic rings. The van der Waals surface area contributed by atoms with Gasteiger partial charge in [-0.3, -0.25) is 0 Å². The minimum absolute atomic E-state index is 0.803. The van der Waals surface area contributed by atoms with Crippen molar-refractivity contribution in [1.82, 2.24) is 0 Å². The van der Waals surface area contributed by atoms with E-state index >= 15 is 0 Å². The van der Waals surface area contributed by atoms with Crippen molar-refractivity contribution in [2.24, 2.45) is 0 Å². The molecular weight excluding hydrogens is 352 g/mol. The number of ether oxygens (including phenoxy) is 1. The molecule has 0 spiro atoms. The summed E-state index contributed by atoms with van der Waals surface area (Å²) in [4.78, 5) is 0. The van der Waals surface area contributed by atoms with E-state index in [4.69, 9.17) is 11.2 Å². The molecule has 1 heteroatoms. The van der Waals surface area contributed by atoms with Gasteiger partial charge in [0.05, 0.1) is 6.26 Å². The SMILES string of the molecule is C#Cc1ccc(-c2ccc(O/C=C/C)cc2)cc1Cc1cccc2ccccc12. The molecule has 0 radical (unpaired) electrons. The lowest BCUT2D eigenvalue weighted by Crippen LogP contribution is -1.95. The predicted octanol–water partition coefficient (Wildman–Crippen LogP) is 6.99. The van der Waals surface area contributed by atoms with E-state index in [1.165, 1.54) is 16.3 Å². The molecule has 1 nitrogen and oxygen atoms in total. The predicted molar refractivity (Wildman–Crippen MR) is 122 cm³/mol. The number of fused-ring (bicyclic) bond motifs is 1. The second-order valence-corrected chi connectivity index (χ2v) is 6.94. The molecule has 0 amide bonds. The second-order valence-electron chi connectivity index (χ2n) is 6.94. The Morgan fingerprint density at radius 3 is 2.38 bits per heavy atom. The lowest BCUT2D eigenvalue weighted by Gasteiger charge is -2.11. The first-order valence-corrected chi connectivity index (χ1v) is 9.73. The molecule has 0 aromatic heterocycles. The number of rotatable bonds is 5. The molecular formula is C28H22O. The van der Waals surface area contributed by atoms with Gasteiger partial charge in [-0.05, 0) is 70.6 Å². The molecule has 29 heavy (non-hydrogen) atoms. The highest BCUT2D eigenvalue weighted by Crippen LogP contribution is 2.28. The van der Waals surface area contributed by atoms with Crippen molar-refractivity contribution in [2.75, 3.05) is 0 Å². The molecule has 0 unspecified atom stereocenters. The van der Waals surface area contributed by atoms with E-state index in [-0.39, 0.29) is 0 Å². The zero-order chi connectivity index (χ0) is 20.1. The largest absolute Gasteiger partial charge is 0.465 e. The zero-order valence-corrected chi connectivity index (χ0v) is 16.4. The second kappa shape index (κ2) is 8.50. The summed E-state index contributed by atoms with van der Waals surface area (Å²) in [6.07, 6.45) is 10.1. The Balaban J connectivity index is 1.69. The van der Waals surface area contributed by atoms with Crippen molar-refractivity contribution in [1.29, 1.82) is 0 Å². The van der Waals surface area contributed by atoms with Crippen LogP contribution in [0.2, 0.25) is 0 Å². The first-order chi connectivity index (χ1) is 14.3. The fourth-order valence-corrected chi connectivity index (χ4v) is 3.58. The molecule has 0 bridgehead atoms. The van der Waals surface area contributed by atoms with Gasteiger partial charge < -0.3 is 4.74 Å². The third kappa shape index (κ3) is 4.08. The maximum atomic E-state index is 5.80. The Kier molecular flexibility index (Phi) is 5.45. The standard InChI is InChI=1S/C28H22O/c1-3-18-29-27-16-14-22(15-17-27)24-13-12-21(4-2)26(19-24)20-25-10-7-9-23-8-5-6-11-28(23)25/h2-3,5-19H,20H2,1H3/b18-3+. The van der Waals surface area contributed by atoms with Crippen molar-refractivity contribution in [3.05, 3.63) is 114 Å². The van der Waals surface area contributed by atoms with E-state index in [1.54, 1.807) is 6.26 Å². The summed E-state index contributed by atoms with van der Waals surface area (Å²) in [5.74, 6) is 3.67. The molecule has 0 aliphatic rings. The topological polar surface area (TPSA) is 9.23 Å². The number of benzene rings is 4. The molecule has 4 rings (SSSR count). The van der Waals surface area contributed by atoms with Crippen LogP contribution in [0.1, 0.15) is 23.6 Å². The first kappa shape index (κ1) is 18.6. The summed E-state index contributed by atoms with van der Waals surface area (Å²) in [5, 5.41) is 2.52. The molecule has 140 valence electrons. The van der Waals surface area contributed by atoms with E-state index in [0.29, 0.717) is 0 Å². The van der Waals surface area contributed by atoms with Crippen molar-refractivity contribution in [3.63, 3.8) is 0 Å². The van der Waals surface area contributed by atoms with Gasteiger partial charge >= 0.3 is 0 Å².